The molecular weight excluding hydrogens is 290 g/mol. The predicted molar refractivity (Wildman–Crippen MR) is 42.2 cm³/mol. The van der Waals surface area contributed by atoms with Crippen molar-refractivity contribution in [2.75, 3.05) is 15.7 Å². The Labute approximate surface area is 77.8 Å². The molecule has 1 unspecified atom stereocenters. The van der Waals surface area contributed by atoms with Gasteiger partial charge >= 0.3 is 77.6 Å². The molecule has 0 aromatic heterocycles. The molecule has 0 aromatic rings. The second kappa shape index (κ2) is 2.58. The van der Waals surface area contributed by atoms with Crippen LogP contribution < -0.4 is 0 Å². The number of hydrogen-bond donors (Lipinski definition) is 3. The molecule has 3 aliphatic rings. The van der Waals surface area contributed by atoms with Gasteiger partial charge in [0.1, 0.15) is 0 Å². The van der Waals surface area contributed by atoms with Crippen LogP contribution in [0.1, 0.15) is 6.92 Å². The summed E-state index contributed by atoms with van der Waals surface area (Å²) in [7, 11) is 0. The van der Waals surface area contributed by atoms with Crippen LogP contribution in [0.15, 0.2) is 0 Å². The zero-order chi connectivity index (χ0) is 9.77. The van der Waals surface area contributed by atoms with Gasteiger partial charge in [0.25, 0.3) is 0 Å². The van der Waals surface area contributed by atoms with Crippen molar-refractivity contribution in [1.29, 1.82) is 0 Å². The van der Waals surface area contributed by atoms with E-state index in [0.29, 0.717) is 0 Å². The van der Waals surface area contributed by atoms with E-state index in [0.717, 1.165) is 0 Å². The maximum atomic E-state index is 8.99. The van der Waals surface area contributed by atoms with Gasteiger partial charge in [-0.05, 0) is 0 Å². The maximum absolute atomic E-state index is 8.99. The summed E-state index contributed by atoms with van der Waals surface area (Å²) < 4.78 is 15.3. The van der Waals surface area contributed by atoms with E-state index in [9.17, 15) is 0 Å². The van der Waals surface area contributed by atoms with E-state index in [4.69, 9.17) is 24.4 Å². The monoisotopic (exact) mass is 302 g/mol. The summed E-state index contributed by atoms with van der Waals surface area (Å²) in [6.45, 7) is 1.58. The Morgan fingerprint density at radius 3 is 1.92 bits per heavy atom. The van der Waals surface area contributed by atoms with Crippen LogP contribution in [0.2, 0.25) is 0 Å². The minimum absolute atomic E-state index is 0.124. The molecule has 1 atom stereocenters. The Balaban J connectivity index is 2.06. The van der Waals surface area contributed by atoms with Gasteiger partial charge in [0.2, 0.25) is 0 Å². The summed E-state index contributed by atoms with van der Waals surface area (Å²) in [5.41, 5.74) is 0. The second-order valence-corrected chi connectivity index (χ2v) is 13.6. The molecule has 0 aliphatic carbocycles. The van der Waals surface area contributed by atoms with Crippen molar-refractivity contribution in [1.82, 2.24) is 0 Å². The van der Waals surface area contributed by atoms with Crippen molar-refractivity contribution < 1.29 is 24.4 Å². The van der Waals surface area contributed by atoms with Gasteiger partial charge in [-0.1, -0.05) is 0 Å². The summed E-state index contributed by atoms with van der Waals surface area (Å²) >= 11 is -4.25. The molecule has 3 saturated heterocycles. The molecule has 7 heteroatoms. The zero-order valence-electron chi connectivity index (χ0n) is 7.21. The standard InChI is InChI=1S/C4H7O4.2CH3O.Sb/c1-3(2-5)4(6,7)8;2*1-2;/h3,5H,2H2,1H3;2*2H,1H2;/q-3;;;+3. The van der Waals surface area contributed by atoms with Gasteiger partial charge < -0.3 is 0 Å². The summed E-state index contributed by atoms with van der Waals surface area (Å²) in [5, 5.41) is 26.8. The van der Waals surface area contributed by atoms with Gasteiger partial charge in [-0.3, -0.25) is 0 Å². The topological polar surface area (TPSA) is 88.4 Å². The number of aliphatic hydroxyl groups is 3. The van der Waals surface area contributed by atoms with Crippen molar-refractivity contribution in [3.63, 3.8) is 0 Å². The summed E-state index contributed by atoms with van der Waals surface area (Å²) in [6.07, 6.45) is 0. The van der Waals surface area contributed by atoms with Crippen LogP contribution in [0.5, 0.6) is 0 Å². The Morgan fingerprint density at radius 2 is 1.62 bits per heavy atom. The van der Waals surface area contributed by atoms with E-state index in [2.05, 4.69) is 0 Å². The van der Waals surface area contributed by atoms with E-state index < -0.39 is 24.6 Å². The number of aliphatic hydroxyl groups excluding tert-OH is 3. The van der Waals surface area contributed by atoms with E-state index >= 15 is 0 Å². The molecule has 0 aromatic carbocycles. The molecule has 13 heavy (non-hydrogen) atoms. The van der Waals surface area contributed by atoms with Crippen LogP contribution in [-0.2, 0) is 9.05 Å². The fourth-order valence-corrected chi connectivity index (χ4v) is 9.23. The molecule has 3 aliphatic heterocycles. The molecule has 3 fully saturated rings. The molecule has 0 amide bonds. The Bertz CT molecular complexity index is 213. The Kier molecular flexibility index (Phi) is 2.00. The van der Waals surface area contributed by atoms with E-state index in [-0.39, 0.29) is 21.6 Å². The minimum atomic E-state index is -4.25. The van der Waals surface area contributed by atoms with Gasteiger partial charge in [0, 0.05) is 0 Å². The van der Waals surface area contributed by atoms with Gasteiger partial charge in [0.15, 0.2) is 0 Å². The van der Waals surface area contributed by atoms with E-state index in [1.807, 2.05) is 0 Å². The van der Waals surface area contributed by atoms with Crippen molar-refractivity contribution in [3.05, 3.63) is 0 Å². The third kappa shape index (κ3) is 0.997. The Morgan fingerprint density at radius 1 is 1.15 bits per heavy atom. The quantitative estimate of drug-likeness (QED) is 0.537. The summed E-state index contributed by atoms with van der Waals surface area (Å²) in [5.74, 6) is -1.49. The molecule has 3 rings (SSSR count). The fraction of sp³-hybridized carbons (Fsp3) is 1.00. The van der Waals surface area contributed by atoms with Gasteiger partial charge in [0.05, 0.1) is 0 Å². The third-order valence-electron chi connectivity index (χ3n) is 2.42. The summed E-state index contributed by atoms with van der Waals surface area (Å²) in [6, 6.07) is 0. The number of rotatable bonds is 4. The zero-order valence-corrected chi connectivity index (χ0v) is 9.77. The molecule has 78 valence electrons. The van der Waals surface area contributed by atoms with Crippen molar-refractivity contribution >= 4 is 18.7 Å². The van der Waals surface area contributed by atoms with Crippen LogP contribution in [0, 0.1) is 5.92 Å². The van der Waals surface area contributed by atoms with Gasteiger partial charge in [-0.25, -0.2) is 0 Å². The van der Waals surface area contributed by atoms with Crippen LogP contribution in [0.4, 0.5) is 0 Å². The van der Waals surface area contributed by atoms with Crippen LogP contribution in [-0.4, -0.2) is 55.7 Å². The summed E-state index contributed by atoms with van der Waals surface area (Å²) in [4.78, 5) is 0. The molecule has 0 radical (unpaired) electrons. The first kappa shape index (κ1) is 10.1. The van der Waals surface area contributed by atoms with E-state index in [1.165, 1.54) is 0 Å². The van der Waals surface area contributed by atoms with Crippen LogP contribution >= 0.6 is 0 Å². The molecule has 6 nitrogen and oxygen atoms in total. The normalized spacial score (nSPS) is 43.5. The first-order chi connectivity index (χ1) is 6.04. The third-order valence-corrected chi connectivity index (χ3v) is 11.2. The van der Waals surface area contributed by atoms with Crippen molar-refractivity contribution in [2.45, 2.75) is 12.9 Å². The molecule has 2 bridgehead atoms. The molecule has 3 N–H and O–H groups in total. The predicted octanol–water partition coefficient (Wildman–Crippen LogP) is -1.70. The Hall–Kier alpha value is 0.578. The average Bonchev–Trinajstić information content (AvgIpc) is 2.02. The molecule has 3 heterocycles. The van der Waals surface area contributed by atoms with Crippen LogP contribution in [0.25, 0.3) is 0 Å². The first-order valence-electron chi connectivity index (χ1n) is 4.02. The SMILES string of the molecule is CC(CO)C12[O][Sb]([CH2]O)([CH2]O)([O]1)[O]2. The molecular formula is C6H13O6Sb. The van der Waals surface area contributed by atoms with Crippen LogP contribution in [0.3, 0.4) is 0 Å². The van der Waals surface area contributed by atoms with Crippen molar-refractivity contribution in [2.24, 2.45) is 5.92 Å². The van der Waals surface area contributed by atoms with Crippen molar-refractivity contribution in [3.8, 4) is 0 Å². The molecule has 0 saturated carbocycles. The van der Waals surface area contributed by atoms with Gasteiger partial charge in [-0.2, -0.15) is 0 Å². The average molecular weight is 303 g/mol. The molecule has 0 spiro atoms. The number of hydrogen-bond acceptors (Lipinski definition) is 6. The fourth-order valence-electron chi connectivity index (χ4n) is 1.47. The second-order valence-electron chi connectivity index (χ2n) is 3.47. The van der Waals surface area contributed by atoms with Gasteiger partial charge in [-0.15, -0.1) is 0 Å². The van der Waals surface area contributed by atoms with E-state index in [1.54, 1.807) is 6.92 Å². The first-order valence-corrected chi connectivity index (χ1v) is 10.8.